The molecular formula is C42H48Cl2SiZr. The normalized spacial score (nSPS) is 11.7. The zero-order valence-electron chi connectivity index (χ0n) is 28.7. The minimum absolute atomic E-state index is 0.640. The monoisotopic (exact) mass is 740 g/mol. The molecule has 46 heavy (non-hydrogen) atoms. The van der Waals surface area contributed by atoms with E-state index >= 15 is 0 Å². The van der Waals surface area contributed by atoms with Crippen molar-refractivity contribution in [3.8, 4) is 22.3 Å². The summed E-state index contributed by atoms with van der Waals surface area (Å²) in [4.78, 5) is 0. The van der Waals surface area contributed by atoms with Gasteiger partial charge in [0, 0.05) is 9.52 Å². The van der Waals surface area contributed by atoms with Crippen LogP contribution >= 0.6 is 17.0 Å². The van der Waals surface area contributed by atoms with Crippen molar-refractivity contribution in [2.75, 3.05) is 0 Å². The SMILES string of the molecule is CCC(C)c1ccc(-c2cccc3[cH-]c(C)cc23)cc1.CCC(C)c1ccc(-c2cccc3[cH-]c(C)cc23)cc1.C[Si]C.[Cl][Zr+2][Cl]. The van der Waals surface area contributed by atoms with Crippen molar-refractivity contribution in [3.05, 3.63) is 131 Å². The predicted octanol–water partition coefficient (Wildman–Crippen LogP) is 14.3. The van der Waals surface area contributed by atoms with E-state index < -0.39 is 20.8 Å². The summed E-state index contributed by atoms with van der Waals surface area (Å²) in [6.45, 7) is 17.7. The van der Waals surface area contributed by atoms with Crippen molar-refractivity contribution >= 4 is 48.1 Å². The third-order valence-electron chi connectivity index (χ3n) is 8.60. The van der Waals surface area contributed by atoms with Crippen LogP contribution in [0.25, 0.3) is 43.8 Å². The minimum atomic E-state index is -0.826. The van der Waals surface area contributed by atoms with E-state index in [4.69, 9.17) is 17.0 Å². The number of fused-ring (bicyclic) bond motifs is 2. The number of halogens is 2. The summed E-state index contributed by atoms with van der Waals surface area (Å²) < 4.78 is 0. The van der Waals surface area contributed by atoms with Gasteiger partial charge in [-0.25, -0.2) is 0 Å². The van der Waals surface area contributed by atoms with Crippen LogP contribution in [0.4, 0.5) is 0 Å². The average molecular weight is 743 g/mol. The predicted molar refractivity (Wildman–Crippen MR) is 206 cm³/mol. The van der Waals surface area contributed by atoms with Crippen molar-refractivity contribution in [2.24, 2.45) is 0 Å². The number of aryl methyl sites for hydroxylation is 2. The molecule has 0 spiro atoms. The summed E-state index contributed by atoms with van der Waals surface area (Å²) in [7, 11) is 11.0. The molecule has 0 nitrogen and oxygen atoms in total. The molecule has 0 saturated carbocycles. The third kappa shape index (κ3) is 10.4. The van der Waals surface area contributed by atoms with Gasteiger partial charge in [0.15, 0.2) is 0 Å². The molecule has 0 fully saturated rings. The standard InChI is InChI=1S/2C20H21.C2H6Si.2ClH.Zr/c2*1-4-15(3)16-8-10-17(11-9-16)19-7-5-6-18-12-14(2)13-20(18)19;1-3-2;;;/h2*5-13,15H,4H2,1-3H3;1-2H3;2*1H;/q2*-1;;;;+4/p-2. The second-order valence-corrected chi connectivity index (χ2v) is 16.8. The molecule has 0 amide bonds. The van der Waals surface area contributed by atoms with Crippen LogP contribution in [-0.2, 0) is 20.8 Å². The molecule has 6 aromatic rings. The first kappa shape index (κ1) is 38.2. The number of hydrogen-bond donors (Lipinski definition) is 0. The molecule has 0 aliphatic heterocycles. The van der Waals surface area contributed by atoms with Gasteiger partial charge in [-0.2, -0.15) is 12.1 Å². The molecule has 0 N–H and O–H groups in total. The maximum absolute atomic E-state index is 4.93. The van der Waals surface area contributed by atoms with Gasteiger partial charge in [0.25, 0.3) is 0 Å². The van der Waals surface area contributed by atoms with E-state index in [1.54, 1.807) is 0 Å². The van der Waals surface area contributed by atoms with Gasteiger partial charge in [-0.15, -0.1) is 69.1 Å². The fourth-order valence-electron chi connectivity index (χ4n) is 5.73. The Balaban J connectivity index is 0.000000214. The summed E-state index contributed by atoms with van der Waals surface area (Å²) in [6, 6.07) is 40.4. The zero-order chi connectivity index (χ0) is 33.6. The van der Waals surface area contributed by atoms with Crippen LogP contribution in [0.15, 0.2) is 109 Å². The Bertz CT molecular complexity index is 1610. The third-order valence-corrected chi connectivity index (χ3v) is 8.60. The molecular weight excluding hydrogens is 695 g/mol. The van der Waals surface area contributed by atoms with Crippen LogP contribution in [0.3, 0.4) is 0 Å². The Morgan fingerprint density at radius 3 is 1.24 bits per heavy atom. The van der Waals surface area contributed by atoms with E-state index in [-0.39, 0.29) is 0 Å². The summed E-state index contributed by atoms with van der Waals surface area (Å²) in [5.41, 5.74) is 10.8. The first-order valence-corrected chi connectivity index (χ1v) is 24.6. The Kier molecular flexibility index (Phi) is 16.3. The fourth-order valence-corrected chi connectivity index (χ4v) is 5.73. The molecule has 0 bridgehead atoms. The van der Waals surface area contributed by atoms with Crippen LogP contribution in [-0.4, -0.2) is 9.52 Å². The molecule has 2 unspecified atom stereocenters. The quantitative estimate of drug-likeness (QED) is 0.118. The molecule has 6 aromatic carbocycles. The molecule has 4 heteroatoms. The van der Waals surface area contributed by atoms with E-state index in [2.05, 4.69) is 164 Å². The van der Waals surface area contributed by atoms with E-state index in [1.807, 2.05) is 0 Å². The summed E-state index contributed by atoms with van der Waals surface area (Å²) in [6.07, 6.45) is 2.38. The van der Waals surface area contributed by atoms with E-state index in [9.17, 15) is 0 Å². The second-order valence-electron chi connectivity index (χ2n) is 12.1. The molecule has 0 aliphatic rings. The number of rotatable bonds is 6. The molecule has 0 aromatic heterocycles. The molecule has 2 atom stereocenters. The maximum atomic E-state index is 4.93. The summed E-state index contributed by atoms with van der Waals surface area (Å²) in [5, 5.41) is 5.40. The van der Waals surface area contributed by atoms with Gasteiger partial charge in [0.1, 0.15) is 0 Å². The van der Waals surface area contributed by atoms with Crippen molar-refractivity contribution in [1.82, 2.24) is 0 Å². The molecule has 6 rings (SSSR count). The van der Waals surface area contributed by atoms with Crippen LogP contribution < -0.4 is 0 Å². The molecule has 0 heterocycles. The Morgan fingerprint density at radius 1 is 0.609 bits per heavy atom. The van der Waals surface area contributed by atoms with Gasteiger partial charge in [-0.1, -0.05) is 126 Å². The van der Waals surface area contributed by atoms with E-state index in [1.165, 1.54) is 78.9 Å². The van der Waals surface area contributed by atoms with E-state index in [0.29, 0.717) is 11.8 Å². The fraction of sp³-hybridized carbons (Fsp3) is 0.286. The van der Waals surface area contributed by atoms with Crippen LogP contribution in [0, 0.1) is 13.8 Å². The average Bonchev–Trinajstić information content (AvgIpc) is 3.66. The van der Waals surface area contributed by atoms with Gasteiger partial charge in [0.2, 0.25) is 0 Å². The second kappa shape index (κ2) is 19.6. The summed E-state index contributed by atoms with van der Waals surface area (Å²) >= 11 is -0.826. The Hall–Kier alpha value is -2.22. The first-order chi connectivity index (χ1) is 22.2. The van der Waals surface area contributed by atoms with Crippen LogP contribution in [0.1, 0.15) is 74.6 Å². The molecule has 2 radical (unpaired) electrons. The van der Waals surface area contributed by atoms with Crippen LogP contribution in [0.5, 0.6) is 0 Å². The Morgan fingerprint density at radius 2 is 0.935 bits per heavy atom. The van der Waals surface area contributed by atoms with Crippen LogP contribution in [0.2, 0.25) is 13.1 Å². The van der Waals surface area contributed by atoms with Gasteiger partial charge < -0.3 is 0 Å². The van der Waals surface area contributed by atoms with E-state index in [0.717, 1.165) is 9.52 Å². The van der Waals surface area contributed by atoms with Gasteiger partial charge in [-0.3, -0.25) is 0 Å². The van der Waals surface area contributed by atoms with Crippen molar-refractivity contribution in [1.29, 1.82) is 0 Å². The van der Waals surface area contributed by atoms with Crippen molar-refractivity contribution in [2.45, 2.75) is 79.3 Å². The van der Waals surface area contributed by atoms with Crippen molar-refractivity contribution in [3.63, 3.8) is 0 Å². The van der Waals surface area contributed by atoms with Gasteiger partial charge in [0.05, 0.1) is 0 Å². The van der Waals surface area contributed by atoms with Gasteiger partial charge in [-0.05, 0) is 46.9 Å². The topological polar surface area (TPSA) is 0 Å². The molecule has 0 aliphatic carbocycles. The number of hydrogen-bond acceptors (Lipinski definition) is 0. The van der Waals surface area contributed by atoms with Gasteiger partial charge >= 0.3 is 37.9 Å². The first-order valence-electron chi connectivity index (χ1n) is 16.3. The Labute approximate surface area is 299 Å². The van der Waals surface area contributed by atoms with Crippen molar-refractivity contribution < 1.29 is 20.8 Å². The number of benzene rings is 4. The summed E-state index contributed by atoms with van der Waals surface area (Å²) in [5.74, 6) is 1.28. The molecule has 0 saturated heterocycles. The molecule has 238 valence electrons. The zero-order valence-corrected chi connectivity index (χ0v) is 33.7.